The molecular formula is C22H29N6O3+. The Kier molecular flexibility index (Phi) is 5.75. The van der Waals surface area contributed by atoms with Gasteiger partial charge in [0.2, 0.25) is 17.8 Å². The van der Waals surface area contributed by atoms with Crippen LogP contribution in [-0.2, 0) is 16.0 Å². The van der Waals surface area contributed by atoms with Crippen LogP contribution in [0.1, 0.15) is 24.8 Å². The number of benzene rings is 1. The van der Waals surface area contributed by atoms with E-state index in [2.05, 4.69) is 16.7 Å². The van der Waals surface area contributed by atoms with Gasteiger partial charge in [0.1, 0.15) is 0 Å². The van der Waals surface area contributed by atoms with Gasteiger partial charge in [-0.15, -0.1) is 0 Å². The molecule has 1 aromatic rings. The molecule has 4 rings (SSSR count). The lowest BCUT2D eigenvalue weighted by Crippen LogP contribution is -2.63. The maximum atomic E-state index is 13.0. The van der Waals surface area contributed by atoms with Gasteiger partial charge in [0.05, 0.1) is 19.6 Å². The summed E-state index contributed by atoms with van der Waals surface area (Å²) in [6, 6.07) is 9.24. The minimum Gasteiger partial charge on any atom is -0.369 e. The summed E-state index contributed by atoms with van der Waals surface area (Å²) in [7, 11) is 3.16. The second-order valence-corrected chi connectivity index (χ2v) is 8.36. The minimum absolute atomic E-state index is 0.128. The molecule has 31 heavy (non-hydrogen) atoms. The topological polar surface area (TPSA) is 102 Å². The number of nitrogens with zero attached hydrogens (tertiary/aromatic N) is 5. The Bertz CT molecular complexity index is 947. The summed E-state index contributed by atoms with van der Waals surface area (Å²) in [5, 5.41) is 0. The van der Waals surface area contributed by atoms with E-state index in [0.29, 0.717) is 44.3 Å². The molecule has 9 nitrogen and oxygen atoms in total. The average Bonchev–Trinajstić information content (AvgIpc) is 3.16. The third kappa shape index (κ3) is 3.92. The first-order valence-electron chi connectivity index (χ1n) is 10.7. The summed E-state index contributed by atoms with van der Waals surface area (Å²) < 4.78 is 2.11. The van der Waals surface area contributed by atoms with E-state index in [1.165, 1.54) is 17.5 Å². The van der Waals surface area contributed by atoms with Gasteiger partial charge >= 0.3 is 12.0 Å². The van der Waals surface area contributed by atoms with Gasteiger partial charge in [-0.2, -0.15) is 0 Å². The van der Waals surface area contributed by atoms with Gasteiger partial charge in [-0.1, -0.05) is 35.3 Å². The van der Waals surface area contributed by atoms with Crippen molar-refractivity contribution >= 4 is 29.6 Å². The van der Waals surface area contributed by atoms with Gasteiger partial charge in [0.15, 0.2) is 0 Å². The van der Waals surface area contributed by atoms with Crippen LogP contribution in [0, 0.1) is 5.92 Å². The Labute approximate surface area is 181 Å². The van der Waals surface area contributed by atoms with E-state index in [1.54, 1.807) is 7.05 Å². The molecule has 3 heterocycles. The zero-order valence-corrected chi connectivity index (χ0v) is 18.0. The van der Waals surface area contributed by atoms with Crippen molar-refractivity contribution in [3.63, 3.8) is 0 Å². The van der Waals surface area contributed by atoms with Crippen LogP contribution in [0.15, 0.2) is 35.3 Å². The molecule has 0 bridgehead atoms. The molecule has 0 aromatic heterocycles. The van der Waals surface area contributed by atoms with Gasteiger partial charge in [0, 0.05) is 20.0 Å². The summed E-state index contributed by atoms with van der Waals surface area (Å²) in [4.78, 5) is 46.4. The number of imide groups is 1. The van der Waals surface area contributed by atoms with Gasteiger partial charge in [0.25, 0.3) is 5.91 Å². The van der Waals surface area contributed by atoms with Crippen LogP contribution in [0.5, 0.6) is 0 Å². The maximum absolute atomic E-state index is 13.0. The van der Waals surface area contributed by atoms with Crippen LogP contribution in [0.3, 0.4) is 0 Å². The number of carbonyl (C=O) groups is 3. The Balaban J connectivity index is 1.60. The number of hydrogen-bond acceptors (Lipinski definition) is 3. The quantitative estimate of drug-likeness (QED) is 0.694. The molecule has 0 aliphatic carbocycles. The number of aliphatic imine (C=N–C) groups is 1. The fourth-order valence-corrected chi connectivity index (χ4v) is 4.53. The summed E-state index contributed by atoms with van der Waals surface area (Å²) in [6.07, 6.45) is 3.05. The predicted octanol–water partition coefficient (Wildman–Crippen LogP) is 0.490. The first-order chi connectivity index (χ1) is 14.9. The average molecular weight is 426 g/mol. The molecule has 2 fully saturated rings. The van der Waals surface area contributed by atoms with Crippen LogP contribution in [0.4, 0.5) is 4.79 Å². The van der Waals surface area contributed by atoms with Gasteiger partial charge in [-0.05, 0) is 31.2 Å². The number of likely N-dealkylation sites (N-methyl/N-ethyl adjacent to an activating group) is 2. The highest BCUT2D eigenvalue weighted by Crippen LogP contribution is 2.25. The van der Waals surface area contributed by atoms with E-state index in [0.717, 1.165) is 17.7 Å². The first-order valence-corrected chi connectivity index (χ1v) is 10.7. The summed E-state index contributed by atoms with van der Waals surface area (Å²) in [5.74, 6) is 0.525. The number of guanidine groups is 1. The molecule has 0 spiro atoms. The van der Waals surface area contributed by atoms with Gasteiger partial charge < -0.3 is 5.73 Å². The molecule has 1 aromatic carbocycles. The SMILES string of the molecule is CN1C(=O)C2C(=NC(=[N+]3CCC(C(N)=O)CC3)N2CCCc2ccccc2)N(C)C1=O. The lowest BCUT2D eigenvalue weighted by molar-refractivity contribution is -0.545. The lowest BCUT2D eigenvalue weighted by atomic mass is 9.97. The number of fused-ring (bicyclic) bond motifs is 1. The van der Waals surface area contributed by atoms with Crippen LogP contribution in [0.25, 0.3) is 0 Å². The van der Waals surface area contributed by atoms with E-state index in [9.17, 15) is 14.4 Å². The number of amides is 4. The number of carbonyl (C=O) groups excluding carboxylic acids is 3. The highest BCUT2D eigenvalue weighted by molar-refractivity contribution is 6.25. The van der Waals surface area contributed by atoms with Crippen LogP contribution in [-0.4, -0.2) is 88.7 Å². The number of aryl methyl sites for hydroxylation is 1. The largest absolute Gasteiger partial charge is 0.392 e. The smallest absolute Gasteiger partial charge is 0.369 e. The number of piperidine rings is 1. The molecule has 2 N–H and O–H groups in total. The van der Waals surface area contributed by atoms with Crippen LogP contribution >= 0.6 is 0 Å². The zero-order valence-electron chi connectivity index (χ0n) is 18.0. The number of nitrogens with two attached hydrogens (primary N) is 1. The van der Waals surface area contributed by atoms with Crippen molar-refractivity contribution < 1.29 is 19.0 Å². The van der Waals surface area contributed by atoms with Crippen LogP contribution < -0.4 is 5.73 Å². The molecule has 3 aliphatic heterocycles. The molecule has 1 unspecified atom stereocenters. The van der Waals surface area contributed by atoms with E-state index >= 15 is 0 Å². The number of rotatable bonds is 5. The number of amidine groups is 1. The second-order valence-electron chi connectivity index (χ2n) is 8.36. The van der Waals surface area contributed by atoms with E-state index in [4.69, 9.17) is 10.7 Å². The second kappa shape index (κ2) is 8.49. The van der Waals surface area contributed by atoms with Gasteiger partial charge in [-0.25, -0.2) is 9.69 Å². The Morgan fingerprint density at radius 1 is 1.13 bits per heavy atom. The van der Waals surface area contributed by atoms with Crippen molar-refractivity contribution in [1.82, 2.24) is 14.7 Å². The van der Waals surface area contributed by atoms with Crippen molar-refractivity contribution in [3.8, 4) is 0 Å². The Morgan fingerprint density at radius 2 is 1.81 bits per heavy atom. The normalized spacial score (nSPS) is 23.9. The molecular weight excluding hydrogens is 396 g/mol. The molecule has 0 saturated carbocycles. The lowest BCUT2D eigenvalue weighted by Gasteiger charge is -2.33. The van der Waals surface area contributed by atoms with E-state index < -0.39 is 6.04 Å². The fourth-order valence-electron chi connectivity index (χ4n) is 4.53. The highest BCUT2D eigenvalue weighted by Gasteiger charge is 2.55. The standard InChI is InChI=1S/C22H28N6O3/c1-25-19-17(20(30)26(2)22(25)31)28(12-6-9-15-7-4-3-5-8-15)21(24-19)27-13-10-16(11-14-27)18(23)29/h3-5,7-8,16-17H,6,9-14H2,1-2H3,(H-,23,29)/p+1. The molecule has 1 atom stereocenters. The van der Waals surface area contributed by atoms with E-state index in [-0.39, 0.29) is 23.8 Å². The van der Waals surface area contributed by atoms with Crippen molar-refractivity contribution in [2.75, 3.05) is 33.7 Å². The summed E-state index contributed by atoms with van der Waals surface area (Å²) in [5.41, 5.74) is 6.72. The van der Waals surface area contributed by atoms with Crippen molar-refractivity contribution in [3.05, 3.63) is 35.9 Å². The number of urea groups is 1. The third-order valence-electron chi connectivity index (χ3n) is 6.40. The predicted molar refractivity (Wildman–Crippen MR) is 116 cm³/mol. The molecule has 3 aliphatic rings. The maximum Gasteiger partial charge on any atom is 0.392 e. The molecule has 164 valence electrons. The van der Waals surface area contributed by atoms with Crippen molar-refractivity contribution in [1.29, 1.82) is 0 Å². The number of primary amides is 1. The zero-order chi connectivity index (χ0) is 22.1. The summed E-state index contributed by atoms with van der Waals surface area (Å²) in [6.45, 7) is 1.92. The number of hydrogen-bond donors (Lipinski definition) is 1. The molecule has 2 saturated heterocycles. The Morgan fingerprint density at radius 3 is 2.45 bits per heavy atom. The molecule has 4 amide bonds. The molecule has 0 radical (unpaired) electrons. The molecule has 9 heteroatoms. The highest BCUT2D eigenvalue weighted by atomic mass is 16.2. The third-order valence-corrected chi connectivity index (χ3v) is 6.40. The fraction of sp³-hybridized carbons (Fsp3) is 0.500. The summed E-state index contributed by atoms with van der Waals surface area (Å²) >= 11 is 0. The van der Waals surface area contributed by atoms with Gasteiger partial charge in [-0.3, -0.25) is 24.0 Å². The first kappa shape index (κ1) is 21.0. The van der Waals surface area contributed by atoms with Crippen LogP contribution in [0.2, 0.25) is 0 Å². The monoisotopic (exact) mass is 425 g/mol. The Hall–Kier alpha value is -3.23. The minimum atomic E-state index is -0.604. The van der Waals surface area contributed by atoms with E-state index in [1.807, 2.05) is 23.1 Å². The van der Waals surface area contributed by atoms with Crippen molar-refractivity contribution in [2.24, 2.45) is 16.6 Å². The van der Waals surface area contributed by atoms with Crippen molar-refractivity contribution in [2.45, 2.75) is 31.7 Å².